The summed E-state index contributed by atoms with van der Waals surface area (Å²) in [4.78, 5) is 47.8. The zero-order valence-electron chi connectivity index (χ0n) is 19.1. The normalized spacial score (nSPS) is 13.9. The first-order valence-electron chi connectivity index (χ1n) is 10.3. The van der Waals surface area contributed by atoms with Crippen molar-refractivity contribution in [2.45, 2.75) is 64.8 Å². The highest BCUT2D eigenvalue weighted by atomic mass is 16.6. The molecule has 1 aromatic carbocycles. The molecule has 0 fully saturated rings. The van der Waals surface area contributed by atoms with Crippen LogP contribution in [0.2, 0.25) is 0 Å². The summed E-state index contributed by atoms with van der Waals surface area (Å²) in [5, 5.41) is 16.1. The predicted molar refractivity (Wildman–Crippen MR) is 117 cm³/mol. The van der Waals surface area contributed by atoms with E-state index in [0.29, 0.717) is 13.0 Å². The molecule has 3 atom stereocenters. The smallest absolute Gasteiger partial charge is 0.408 e. The lowest BCUT2D eigenvalue weighted by molar-refractivity contribution is -0.141. The van der Waals surface area contributed by atoms with Crippen molar-refractivity contribution >= 4 is 23.9 Å². The molecule has 0 spiro atoms. The summed E-state index contributed by atoms with van der Waals surface area (Å²) in [5.41, 5.74) is 0.297. The number of nitrogens with one attached hydrogen (secondary N) is 3. The van der Waals surface area contributed by atoms with Gasteiger partial charge >= 0.3 is 12.1 Å². The highest BCUT2D eigenvalue weighted by Gasteiger charge is 2.28. The largest absolute Gasteiger partial charge is 0.480 e. The van der Waals surface area contributed by atoms with Gasteiger partial charge in [0.05, 0.1) is 13.2 Å². The summed E-state index contributed by atoms with van der Waals surface area (Å²) in [7, 11) is 0. The Hall–Kier alpha value is -3.14. The van der Waals surface area contributed by atoms with E-state index in [9.17, 15) is 19.2 Å². The number of carbonyl (C=O) groups is 4. The van der Waals surface area contributed by atoms with E-state index >= 15 is 0 Å². The Labute approximate surface area is 188 Å². The van der Waals surface area contributed by atoms with Crippen molar-refractivity contribution in [3.63, 3.8) is 0 Å². The quantitative estimate of drug-likeness (QED) is 0.371. The second-order valence-electron chi connectivity index (χ2n) is 8.31. The third-order valence-electron chi connectivity index (χ3n) is 4.15. The van der Waals surface area contributed by atoms with Crippen LogP contribution < -0.4 is 16.0 Å². The maximum atomic E-state index is 12.7. The van der Waals surface area contributed by atoms with Gasteiger partial charge in [0, 0.05) is 0 Å². The van der Waals surface area contributed by atoms with Crippen LogP contribution in [0.1, 0.15) is 40.2 Å². The molecule has 0 aliphatic rings. The van der Waals surface area contributed by atoms with Crippen LogP contribution in [0.25, 0.3) is 0 Å². The average Bonchev–Trinajstić information content (AvgIpc) is 2.69. The molecule has 0 bridgehead atoms. The van der Waals surface area contributed by atoms with Gasteiger partial charge in [-0.3, -0.25) is 14.4 Å². The molecule has 1 rings (SSSR count). The summed E-state index contributed by atoms with van der Waals surface area (Å²) in [6, 6.07) is 6.36. The average molecular weight is 452 g/mol. The van der Waals surface area contributed by atoms with Crippen LogP contribution in [0.15, 0.2) is 30.3 Å². The molecule has 4 N–H and O–H groups in total. The fraction of sp³-hybridized carbons (Fsp3) is 0.545. The van der Waals surface area contributed by atoms with Crippen LogP contribution in [-0.2, 0) is 30.3 Å². The van der Waals surface area contributed by atoms with Gasteiger partial charge in [-0.1, -0.05) is 30.3 Å². The lowest BCUT2D eigenvalue weighted by Gasteiger charge is -2.24. The van der Waals surface area contributed by atoms with Crippen LogP contribution in [-0.4, -0.2) is 65.9 Å². The second-order valence-corrected chi connectivity index (χ2v) is 8.31. The number of rotatable bonds is 11. The van der Waals surface area contributed by atoms with Gasteiger partial charge in [0.1, 0.15) is 23.7 Å². The minimum Gasteiger partial charge on any atom is -0.480 e. The van der Waals surface area contributed by atoms with Gasteiger partial charge in [-0.2, -0.15) is 0 Å². The number of alkyl carbamates (subject to hydrolysis) is 1. The highest BCUT2D eigenvalue weighted by Crippen LogP contribution is 2.07. The Morgan fingerprint density at radius 2 is 1.53 bits per heavy atom. The van der Waals surface area contributed by atoms with E-state index < -0.39 is 47.6 Å². The third kappa shape index (κ3) is 10.8. The maximum absolute atomic E-state index is 12.7. The molecule has 0 aliphatic heterocycles. The van der Waals surface area contributed by atoms with Gasteiger partial charge in [0.15, 0.2) is 0 Å². The van der Waals surface area contributed by atoms with E-state index in [1.165, 1.54) is 13.8 Å². The van der Waals surface area contributed by atoms with Crippen molar-refractivity contribution in [1.29, 1.82) is 0 Å². The zero-order valence-corrected chi connectivity index (χ0v) is 19.1. The molecular formula is C22H33N3O7. The number of carboxylic acid groups (broad SMARTS) is 1. The third-order valence-corrected chi connectivity index (χ3v) is 4.15. The zero-order chi connectivity index (χ0) is 24.3. The minimum atomic E-state index is -1.20. The van der Waals surface area contributed by atoms with Crippen LogP contribution in [0.5, 0.6) is 0 Å². The number of carbonyl (C=O) groups excluding carboxylic acids is 3. The molecule has 32 heavy (non-hydrogen) atoms. The van der Waals surface area contributed by atoms with Gasteiger partial charge in [-0.05, 0) is 46.6 Å². The van der Waals surface area contributed by atoms with E-state index in [1.54, 1.807) is 20.8 Å². The lowest BCUT2D eigenvalue weighted by atomic mass is 10.2. The number of benzene rings is 1. The van der Waals surface area contributed by atoms with Crippen LogP contribution in [0.4, 0.5) is 4.79 Å². The molecule has 0 saturated heterocycles. The Kier molecular flexibility index (Phi) is 10.6. The van der Waals surface area contributed by atoms with Gasteiger partial charge in [-0.25, -0.2) is 4.79 Å². The minimum absolute atomic E-state index is 0.141. The molecule has 0 radical (unpaired) electrons. The Morgan fingerprint density at radius 1 is 0.938 bits per heavy atom. The fourth-order valence-electron chi connectivity index (χ4n) is 2.45. The van der Waals surface area contributed by atoms with E-state index in [1.807, 2.05) is 30.3 Å². The number of ether oxygens (including phenoxy) is 2. The van der Waals surface area contributed by atoms with Gasteiger partial charge < -0.3 is 30.5 Å². The van der Waals surface area contributed by atoms with Crippen molar-refractivity contribution < 1.29 is 33.8 Å². The van der Waals surface area contributed by atoms with Gasteiger partial charge in [0.2, 0.25) is 11.8 Å². The Morgan fingerprint density at radius 3 is 2.09 bits per heavy atom. The highest BCUT2D eigenvalue weighted by molar-refractivity contribution is 5.92. The summed E-state index contributed by atoms with van der Waals surface area (Å²) < 4.78 is 10.8. The first-order chi connectivity index (χ1) is 14.9. The number of amides is 3. The summed E-state index contributed by atoms with van der Waals surface area (Å²) in [6.45, 7) is 7.95. The molecule has 0 aromatic heterocycles. The molecule has 0 saturated carbocycles. The molecule has 178 valence electrons. The molecule has 0 aliphatic carbocycles. The summed E-state index contributed by atoms with van der Waals surface area (Å²) >= 11 is 0. The predicted octanol–water partition coefficient (Wildman–Crippen LogP) is 1.23. The second kappa shape index (κ2) is 12.7. The Bertz CT molecular complexity index is 777. The molecule has 3 unspecified atom stereocenters. The van der Waals surface area contributed by atoms with E-state index in [2.05, 4.69) is 16.0 Å². The topological polar surface area (TPSA) is 143 Å². The van der Waals surface area contributed by atoms with Crippen molar-refractivity contribution in [1.82, 2.24) is 16.0 Å². The lowest BCUT2D eigenvalue weighted by Crippen LogP contribution is -2.56. The van der Waals surface area contributed by atoms with Crippen molar-refractivity contribution in [2.75, 3.05) is 13.2 Å². The molecule has 10 nitrogen and oxygen atoms in total. The van der Waals surface area contributed by atoms with Gasteiger partial charge in [0.25, 0.3) is 0 Å². The molecule has 3 amide bonds. The molecule has 10 heteroatoms. The first kappa shape index (κ1) is 26.9. The summed E-state index contributed by atoms with van der Waals surface area (Å²) in [6.07, 6.45) is -0.186. The molecule has 0 heterocycles. The maximum Gasteiger partial charge on any atom is 0.408 e. The Balaban J connectivity index is 2.70. The van der Waals surface area contributed by atoms with Crippen LogP contribution >= 0.6 is 0 Å². The van der Waals surface area contributed by atoms with Crippen molar-refractivity contribution in [3.8, 4) is 0 Å². The van der Waals surface area contributed by atoms with E-state index in [4.69, 9.17) is 14.6 Å². The number of hydrogen-bond donors (Lipinski definition) is 4. The number of aliphatic carboxylic acids is 1. The van der Waals surface area contributed by atoms with Gasteiger partial charge in [-0.15, -0.1) is 0 Å². The van der Waals surface area contributed by atoms with Crippen molar-refractivity contribution in [2.24, 2.45) is 0 Å². The SMILES string of the molecule is CC(NC(=O)C(C)NC(=O)C(COCCc1ccccc1)NC(=O)OC(C)(C)C)C(=O)O. The van der Waals surface area contributed by atoms with Crippen LogP contribution in [0.3, 0.4) is 0 Å². The summed E-state index contributed by atoms with van der Waals surface area (Å²) in [5.74, 6) is -2.54. The first-order valence-corrected chi connectivity index (χ1v) is 10.3. The van der Waals surface area contributed by atoms with Crippen molar-refractivity contribution in [3.05, 3.63) is 35.9 Å². The van der Waals surface area contributed by atoms with E-state index in [-0.39, 0.29) is 6.61 Å². The number of carboxylic acids is 1. The monoisotopic (exact) mass is 451 g/mol. The molecule has 1 aromatic rings. The number of hydrogen-bond acceptors (Lipinski definition) is 6. The molecular weight excluding hydrogens is 418 g/mol. The standard InChI is InChI=1S/C22H33N3O7/c1-14(18(26)24-15(2)20(28)29)23-19(27)17(25-21(30)32-22(3,4)5)13-31-12-11-16-9-7-6-8-10-16/h6-10,14-15,17H,11-13H2,1-5H3,(H,23,27)(H,24,26)(H,25,30)(H,28,29). The fourth-order valence-corrected chi connectivity index (χ4v) is 2.45. The van der Waals surface area contributed by atoms with E-state index in [0.717, 1.165) is 5.56 Å². The van der Waals surface area contributed by atoms with Crippen LogP contribution in [0, 0.1) is 0 Å².